The van der Waals surface area contributed by atoms with Crippen LogP contribution >= 0.6 is 11.9 Å². The fraction of sp³-hybridized carbons (Fsp3) is 0.452. The number of alkyl carbamates (subject to hydrolysis) is 1. The van der Waals surface area contributed by atoms with E-state index in [-0.39, 0.29) is 6.09 Å². The summed E-state index contributed by atoms with van der Waals surface area (Å²) in [6.07, 6.45) is 16.5. The predicted molar refractivity (Wildman–Crippen MR) is 160 cm³/mol. The van der Waals surface area contributed by atoms with E-state index >= 15 is 0 Å². The summed E-state index contributed by atoms with van der Waals surface area (Å²) in [5.74, 6) is 1.44. The van der Waals surface area contributed by atoms with Crippen molar-refractivity contribution in [2.45, 2.75) is 65.4 Å². The Bertz CT molecular complexity index is 856. The standard InChI is InChI=1S/C19H32N2O3S.C8H10.2C2H2/c1-15(2)14-21(25-17-10-8-16(23-6)9-11-17)13-7-12-20-18(22)24-19(3,4)5;1-7-3-5-8(2)6-4-7;2*1-2/h8-11,15H,7,12-14H2,1-6H3,(H,20,22);3-6H,1-2H3;2*1-2H. The van der Waals surface area contributed by atoms with Crippen LogP contribution in [0.25, 0.3) is 0 Å². The lowest BCUT2D eigenvalue weighted by molar-refractivity contribution is 0.0526. The Labute approximate surface area is 230 Å². The molecular weight excluding hydrogens is 480 g/mol. The van der Waals surface area contributed by atoms with E-state index in [1.165, 1.54) is 16.0 Å². The maximum atomic E-state index is 11.7. The van der Waals surface area contributed by atoms with Crippen molar-refractivity contribution in [1.82, 2.24) is 9.62 Å². The number of benzene rings is 2. The maximum absolute atomic E-state index is 11.7. The highest BCUT2D eigenvalue weighted by molar-refractivity contribution is 7.97. The van der Waals surface area contributed by atoms with Crippen molar-refractivity contribution in [3.05, 3.63) is 59.7 Å². The molecule has 0 saturated heterocycles. The Morgan fingerprint density at radius 1 is 0.946 bits per heavy atom. The third-order valence-electron chi connectivity index (χ3n) is 4.33. The summed E-state index contributed by atoms with van der Waals surface area (Å²) in [4.78, 5) is 12.9. The number of methoxy groups -OCH3 is 1. The molecule has 0 aliphatic heterocycles. The molecule has 2 rings (SSSR count). The summed E-state index contributed by atoms with van der Waals surface area (Å²) in [6.45, 7) is 16.7. The SMILES string of the molecule is C#C.C#C.COc1ccc(SN(CCCNC(=O)OC(C)(C)C)CC(C)C)cc1.Cc1ccc(C)cc1. The summed E-state index contributed by atoms with van der Waals surface area (Å²) < 4.78 is 12.8. The zero-order chi connectivity index (χ0) is 28.9. The lowest BCUT2D eigenvalue weighted by Gasteiger charge is -2.23. The van der Waals surface area contributed by atoms with Crippen LogP contribution < -0.4 is 10.1 Å². The molecule has 6 heteroatoms. The first-order chi connectivity index (χ1) is 17.5. The smallest absolute Gasteiger partial charge is 0.407 e. The molecule has 0 fully saturated rings. The summed E-state index contributed by atoms with van der Waals surface area (Å²) in [5.41, 5.74) is 2.20. The van der Waals surface area contributed by atoms with Gasteiger partial charge in [0.05, 0.1) is 7.11 Å². The van der Waals surface area contributed by atoms with E-state index in [2.05, 4.69) is 99.4 Å². The quantitative estimate of drug-likeness (QED) is 0.210. The molecule has 0 aliphatic carbocycles. The predicted octanol–water partition coefficient (Wildman–Crippen LogP) is 7.38. The number of nitrogens with one attached hydrogen (secondary N) is 1. The first kappa shape index (κ1) is 36.1. The highest BCUT2D eigenvalue weighted by atomic mass is 32.2. The van der Waals surface area contributed by atoms with Crippen molar-refractivity contribution in [2.75, 3.05) is 26.7 Å². The second kappa shape index (κ2) is 21.1. The molecule has 0 heterocycles. The number of terminal acetylenes is 2. The van der Waals surface area contributed by atoms with Crippen molar-refractivity contribution in [2.24, 2.45) is 5.92 Å². The zero-order valence-electron chi connectivity index (χ0n) is 23.9. The molecule has 0 radical (unpaired) electrons. The van der Waals surface area contributed by atoms with Crippen molar-refractivity contribution >= 4 is 18.0 Å². The topological polar surface area (TPSA) is 50.8 Å². The molecule has 2 aromatic carbocycles. The first-order valence-electron chi connectivity index (χ1n) is 12.2. The number of amides is 1. The van der Waals surface area contributed by atoms with Crippen molar-refractivity contribution in [3.8, 4) is 31.4 Å². The van der Waals surface area contributed by atoms with E-state index in [1.54, 1.807) is 19.1 Å². The van der Waals surface area contributed by atoms with Gasteiger partial charge in [0, 0.05) is 24.5 Å². The van der Waals surface area contributed by atoms with Gasteiger partial charge < -0.3 is 14.8 Å². The minimum absolute atomic E-state index is 0.356. The van der Waals surface area contributed by atoms with E-state index in [4.69, 9.17) is 9.47 Å². The van der Waals surface area contributed by atoms with Gasteiger partial charge in [-0.3, -0.25) is 0 Å². The monoisotopic (exact) mass is 526 g/mol. The van der Waals surface area contributed by atoms with E-state index < -0.39 is 5.60 Å². The van der Waals surface area contributed by atoms with Gasteiger partial charge in [0.15, 0.2) is 0 Å². The zero-order valence-corrected chi connectivity index (χ0v) is 24.7. The third-order valence-corrected chi connectivity index (χ3v) is 5.41. The molecule has 0 spiro atoms. The molecule has 1 amide bonds. The van der Waals surface area contributed by atoms with Gasteiger partial charge >= 0.3 is 6.09 Å². The number of hydrogen-bond acceptors (Lipinski definition) is 5. The number of hydrogen-bond donors (Lipinski definition) is 1. The Kier molecular flexibility index (Phi) is 20.6. The van der Waals surface area contributed by atoms with Gasteiger partial charge in [-0.15, -0.1) is 25.7 Å². The van der Waals surface area contributed by atoms with Crippen LogP contribution in [-0.2, 0) is 4.74 Å². The fourth-order valence-electron chi connectivity index (χ4n) is 2.76. The minimum atomic E-state index is -0.460. The molecule has 0 unspecified atom stereocenters. The van der Waals surface area contributed by atoms with Gasteiger partial charge in [0.1, 0.15) is 11.4 Å². The van der Waals surface area contributed by atoms with Gasteiger partial charge in [-0.05, 0) is 83.2 Å². The van der Waals surface area contributed by atoms with Gasteiger partial charge in [-0.2, -0.15) is 0 Å². The lowest BCUT2D eigenvalue weighted by atomic mass is 10.2. The second-order valence-electron chi connectivity index (χ2n) is 9.49. The average molecular weight is 527 g/mol. The van der Waals surface area contributed by atoms with Crippen molar-refractivity contribution in [3.63, 3.8) is 0 Å². The Morgan fingerprint density at radius 2 is 1.43 bits per heavy atom. The van der Waals surface area contributed by atoms with Crippen LogP contribution in [0.1, 0.15) is 52.2 Å². The fourth-order valence-corrected chi connectivity index (χ4v) is 3.91. The third kappa shape index (κ3) is 20.8. The van der Waals surface area contributed by atoms with Gasteiger partial charge in [-0.25, -0.2) is 9.10 Å². The molecule has 0 aliphatic rings. The number of rotatable bonds is 9. The molecule has 0 atom stereocenters. The van der Waals surface area contributed by atoms with Gasteiger partial charge in [0.25, 0.3) is 0 Å². The van der Waals surface area contributed by atoms with Gasteiger partial charge in [0.2, 0.25) is 0 Å². The van der Waals surface area contributed by atoms with Gasteiger partial charge in [-0.1, -0.05) is 49.2 Å². The largest absolute Gasteiger partial charge is 0.497 e. The van der Waals surface area contributed by atoms with E-state index in [1.807, 2.05) is 32.9 Å². The van der Waals surface area contributed by atoms with Crippen LogP contribution in [0.3, 0.4) is 0 Å². The molecule has 0 bridgehead atoms. The van der Waals surface area contributed by atoms with Crippen LogP contribution in [0, 0.1) is 45.5 Å². The molecule has 204 valence electrons. The van der Waals surface area contributed by atoms with Crippen molar-refractivity contribution in [1.29, 1.82) is 0 Å². The first-order valence-corrected chi connectivity index (χ1v) is 13.0. The second-order valence-corrected chi connectivity index (χ2v) is 10.7. The van der Waals surface area contributed by atoms with Crippen molar-refractivity contribution < 1.29 is 14.3 Å². The maximum Gasteiger partial charge on any atom is 0.407 e. The Hall–Kier alpha value is -3.06. The number of ether oxygens (including phenoxy) is 2. The molecule has 37 heavy (non-hydrogen) atoms. The van der Waals surface area contributed by atoms with E-state index in [0.717, 1.165) is 25.3 Å². The summed E-state index contributed by atoms with van der Waals surface area (Å²) in [7, 11) is 1.67. The molecule has 0 aromatic heterocycles. The number of nitrogens with zero attached hydrogens (tertiary/aromatic N) is 1. The summed E-state index contributed by atoms with van der Waals surface area (Å²) in [6, 6.07) is 16.6. The van der Waals surface area contributed by atoms with E-state index in [9.17, 15) is 4.79 Å². The highest BCUT2D eigenvalue weighted by Gasteiger charge is 2.16. The summed E-state index contributed by atoms with van der Waals surface area (Å²) in [5, 5.41) is 2.81. The van der Waals surface area contributed by atoms with Crippen LogP contribution in [-0.4, -0.2) is 42.7 Å². The molecule has 0 saturated carbocycles. The number of carbonyl (C=O) groups excluding carboxylic acids is 1. The lowest BCUT2D eigenvalue weighted by Crippen LogP contribution is -2.34. The molecule has 1 N–H and O–H groups in total. The normalized spacial score (nSPS) is 10.0. The molecule has 2 aromatic rings. The number of aryl methyl sites for hydroxylation is 2. The van der Waals surface area contributed by atoms with E-state index in [0.29, 0.717) is 12.5 Å². The highest BCUT2D eigenvalue weighted by Crippen LogP contribution is 2.25. The average Bonchev–Trinajstić information content (AvgIpc) is 2.85. The minimum Gasteiger partial charge on any atom is -0.497 e. The number of carbonyl (C=O) groups is 1. The molecular formula is C31H46N2O3S. The summed E-state index contributed by atoms with van der Waals surface area (Å²) >= 11 is 1.74. The Balaban J connectivity index is 0. The van der Waals surface area contributed by atoms with Crippen LogP contribution in [0.2, 0.25) is 0 Å². The van der Waals surface area contributed by atoms with Crippen LogP contribution in [0.4, 0.5) is 4.79 Å². The van der Waals surface area contributed by atoms with Crippen LogP contribution in [0.5, 0.6) is 5.75 Å². The Morgan fingerprint density at radius 3 is 1.84 bits per heavy atom. The molecule has 5 nitrogen and oxygen atoms in total. The van der Waals surface area contributed by atoms with Crippen LogP contribution in [0.15, 0.2) is 53.4 Å².